The molecule has 18 heavy (non-hydrogen) atoms. The van der Waals surface area contributed by atoms with Crippen LogP contribution in [0.4, 0.5) is 0 Å². The molecular formula is C14H18BrNO2. The number of halogens is 1. The minimum absolute atomic E-state index is 0.159. The first kappa shape index (κ1) is 13.6. The van der Waals surface area contributed by atoms with Crippen LogP contribution in [-0.4, -0.2) is 35.6 Å². The molecule has 1 saturated heterocycles. The molecule has 0 aromatic heterocycles. The van der Waals surface area contributed by atoms with E-state index in [1.807, 2.05) is 29.2 Å². The van der Waals surface area contributed by atoms with Gasteiger partial charge in [-0.25, -0.2) is 0 Å². The third kappa shape index (κ3) is 3.56. The summed E-state index contributed by atoms with van der Waals surface area (Å²) < 4.78 is 1.000. The van der Waals surface area contributed by atoms with E-state index in [9.17, 15) is 9.90 Å². The summed E-state index contributed by atoms with van der Waals surface area (Å²) in [6, 6.07) is 7.84. The summed E-state index contributed by atoms with van der Waals surface area (Å²) in [6.45, 7) is 1.70. The summed E-state index contributed by atoms with van der Waals surface area (Å²) in [6.07, 6.45) is 2.46. The molecule has 0 aliphatic carbocycles. The van der Waals surface area contributed by atoms with Crippen molar-refractivity contribution in [2.75, 3.05) is 19.7 Å². The van der Waals surface area contributed by atoms with Crippen molar-refractivity contribution in [3.05, 3.63) is 34.3 Å². The Kier molecular flexibility index (Phi) is 4.78. The maximum atomic E-state index is 12.2. The molecule has 3 nitrogen and oxygen atoms in total. The number of aliphatic hydroxyl groups excluding tert-OH is 1. The normalized spacial score (nSPS) is 19.9. The lowest BCUT2D eigenvalue weighted by atomic mass is 9.98. The molecule has 1 fully saturated rings. The second kappa shape index (κ2) is 6.34. The average Bonchev–Trinajstić information content (AvgIpc) is 2.39. The van der Waals surface area contributed by atoms with Gasteiger partial charge in [0.05, 0.1) is 6.42 Å². The average molecular weight is 312 g/mol. The van der Waals surface area contributed by atoms with E-state index in [-0.39, 0.29) is 18.4 Å². The first-order valence-electron chi connectivity index (χ1n) is 6.32. The summed E-state index contributed by atoms with van der Waals surface area (Å²) in [5, 5.41) is 9.17. The molecule has 2 rings (SSSR count). The Balaban J connectivity index is 1.95. The third-order valence-corrected chi connectivity index (χ3v) is 3.87. The van der Waals surface area contributed by atoms with Gasteiger partial charge in [0.1, 0.15) is 0 Å². The van der Waals surface area contributed by atoms with Crippen LogP contribution in [0.25, 0.3) is 0 Å². The topological polar surface area (TPSA) is 40.5 Å². The number of amides is 1. The van der Waals surface area contributed by atoms with E-state index in [0.29, 0.717) is 13.0 Å². The van der Waals surface area contributed by atoms with Gasteiger partial charge in [-0.1, -0.05) is 28.1 Å². The zero-order valence-electron chi connectivity index (χ0n) is 10.3. The number of carbonyl (C=O) groups is 1. The van der Waals surface area contributed by atoms with Crippen molar-refractivity contribution >= 4 is 21.8 Å². The van der Waals surface area contributed by atoms with Gasteiger partial charge in [0.25, 0.3) is 0 Å². The highest BCUT2D eigenvalue weighted by Gasteiger charge is 2.22. The number of likely N-dealkylation sites (tertiary alicyclic amines) is 1. The highest BCUT2D eigenvalue weighted by Crippen LogP contribution is 2.18. The molecule has 1 unspecified atom stereocenters. The smallest absolute Gasteiger partial charge is 0.227 e. The number of benzene rings is 1. The SMILES string of the molecule is O=C(Cc1cccc(Br)c1)N1CCCC(CO)C1. The summed E-state index contributed by atoms with van der Waals surface area (Å²) in [7, 11) is 0. The van der Waals surface area contributed by atoms with E-state index in [0.717, 1.165) is 29.4 Å². The number of piperidine rings is 1. The van der Waals surface area contributed by atoms with Gasteiger partial charge < -0.3 is 10.0 Å². The van der Waals surface area contributed by atoms with Gasteiger partial charge in [-0.3, -0.25) is 4.79 Å². The highest BCUT2D eigenvalue weighted by molar-refractivity contribution is 9.10. The predicted octanol–water partition coefficient (Wildman–Crippen LogP) is 2.22. The Morgan fingerprint density at radius 2 is 2.33 bits per heavy atom. The molecule has 1 aromatic rings. The van der Waals surface area contributed by atoms with Crippen LogP contribution in [0.2, 0.25) is 0 Å². The maximum Gasteiger partial charge on any atom is 0.227 e. The van der Waals surface area contributed by atoms with E-state index >= 15 is 0 Å². The number of hydrogen-bond acceptors (Lipinski definition) is 2. The monoisotopic (exact) mass is 311 g/mol. The van der Waals surface area contributed by atoms with Crippen LogP contribution in [0.1, 0.15) is 18.4 Å². The zero-order valence-corrected chi connectivity index (χ0v) is 11.9. The standard InChI is InChI=1S/C14H18BrNO2/c15-13-5-1-3-11(7-13)8-14(18)16-6-2-4-12(9-16)10-17/h1,3,5,7,12,17H,2,4,6,8-10H2. The van der Waals surface area contributed by atoms with E-state index in [4.69, 9.17) is 0 Å². The second-order valence-corrected chi connectivity index (χ2v) is 5.75. The van der Waals surface area contributed by atoms with E-state index in [2.05, 4.69) is 15.9 Å². The Morgan fingerprint density at radius 3 is 3.06 bits per heavy atom. The number of carbonyl (C=O) groups excluding carboxylic acids is 1. The third-order valence-electron chi connectivity index (χ3n) is 3.37. The fourth-order valence-corrected chi connectivity index (χ4v) is 2.82. The summed E-state index contributed by atoms with van der Waals surface area (Å²) >= 11 is 3.41. The predicted molar refractivity (Wildman–Crippen MR) is 74.2 cm³/mol. The van der Waals surface area contributed by atoms with Gasteiger partial charge in [0, 0.05) is 24.2 Å². The minimum atomic E-state index is 0.159. The van der Waals surface area contributed by atoms with Crippen LogP contribution in [0.15, 0.2) is 28.7 Å². The van der Waals surface area contributed by atoms with Crippen molar-refractivity contribution in [2.45, 2.75) is 19.3 Å². The molecule has 4 heteroatoms. The molecule has 1 heterocycles. The molecule has 1 atom stereocenters. The Morgan fingerprint density at radius 1 is 1.50 bits per heavy atom. The summed E-state index contributed by atoms with van der Waals surface area (Å²) in [4.78, 5) is 14.0. The molecule has 1 N–H and O–H groups in total. The molecular weight excluding hydrogens is 294 g/mol. The summed E-state index contributed by atoms with van der Waals surface area (Å²) in [5.74, 6) is 0.413. The van der Waals surface area contributed by atoms with Crippen LogP contribution in [0, 0.1) is 5.92 Å². The molecule has 0 spiro atoms. The van der Waals surface area contributed by atoms with Gasteiger partial charge in [-0.2, -0.15) is 0 Å². The van der Waals surface area contributed by atoms with Crippen molar-refractivity contribution in [3.63, 3.8) is 0 Å². The van der Waals surface area contributed by atoms with Gasteiger partial charge >= 0.3 is 0 Å². The lowest BCUT2D eigenvalue weighted by Crippen LogP contribution is -2.41. The molecule has 1 aliphatic heterocycles. The number of rotatable bonds is 3. The fourth-order valence-electron chi connectivity index (χ4n) is 2.37. The van der Waals surface area contributed by atoms with Crippen LogP contribution in [0.5, 0.6) is 0 Å². The van der Waals surface area contributed by atoms with Crippen molar-refractivity contribution in [1.29, 1.82) is 0 Å². The minimum Gasteiger partial charge on any atom is -0.396 e. The van der Waals surface area contributed by atoms with Gasteiger partial charge in [-0.15, -0.1) is 0 Å². The molecule has 1 aliphatic rings. The Bertz CT molecular complexity index is 422. The lowest BCUT2D eigenvalue weighted by molar-refractivity contribution is -0.132. The summed E-state index contributed by atoms with van der Waals surface area (Å²) in [5.41, 5.74) is 1.03. The Labute approximate surface area is 116 Å². The number of aliphatic hydroxyl groups is 1. The molecule has 98 valence electrons. The largest absolute Gasteiger partial charge is 0.396 e. The highest BCUT2D eigenvalue weighted by atomic mass is 79.9. The van der Waals surface area contributed by atoms with Gasteiger partial charge in [-0.05, 0) is 36.5 Å². The van der Waals surface area contributed by atoms with Crippen LogP contribution in [-0.2, 0) is 11.2 Å². The second-order valence-electron chi connectivity index (χ2n) is 4.84. The van der Waals surface area contributed by atoms with Crippen molar-refractivity contribution in [2.24, 2.45) is 5.92 Å². The first-order valence-corrected chi connectivity index (χ1v) is 7.11. The van der Waals surface area contributed by atoms with E-state index < -0.39 is 0 Å². The fraction of sp³-hybridized carbons (Fsp3) is 0.500. The van der Waals surface area contributed by atoms with Crippen molar-refractivity contribution < 1.29 is 9.90 Å². The number of hydrogen-bond donors (Lipinski definition) is 1. The molecule has 1 aromatic carbocycles. The quantitative estimate of drug-likeness (QED) is 0.930. The van der Waals surface area contributed by atoms with E-state index in [1.54, 1.807) is 0 Å². The first-order chi connectivity index (χ1) is 8.69. The number of nitrogens with zero attached hydrogens (tertiary/aromatic N) is 1. The maximum absolute atomic E-state index is 12.2. The van der Waals surface area contributed by atoms with Crippen LogP contribution >= 0.6 is 15.9 Å². The van der Waals surface area contributed by atoms with E-state index in [1.165, 1.54) is 0 Å². The van der Waals surface area contributed by atoms with Gasteiger partial charge in [0.2, 0.25) is 5.91 Å². The molecule has 0 radical (unpaired) electrons. The Hall–Kier alpha value is -0.870. The molecule has 1 amide bonds. The van der Waals surface area contributed by atoms with Crippen LogP contribution in [0.3, 0.4) is 0 Å². The zero-order chi connectivity index (χ0) is 13.0. The van der Waals surface area contributed by atoms with Crippen molar-refractivity contribution in [3.8, 4) is 0 Å². The lowest BCUT2D eigenvalue weighted by Gasteiger charge is -2.32. The van der Waals surface area contributed by atoms with Crippen molar-refractivity contribution in [1.82, 2.24) is 4.90 Å². The van der Waals surface area contributed by atoms with Crippen LogP contribution < -0.4 is 0 Å². The molecule has 0 saturated carbocycles. The molecule has 0 bridgehead atoms. The van der Waals surface area contributed by atoms with Gasteiger partial charge in [0.15, 0.2) is 0 Å².